The van der Waals surface area contributed by atoms with Gasteiger partial charge in [0.05, 0.1) is 5.56 Å². The van der Waals surface area contributed by atoms with Gasteiger partial charge in [0.2, 0.25) is 0 Å². The van der Waals surface area contributed by atoms with Crippen LogP contribution in [0, 0.1) is 0 Å². The minimum Gasteiger partial charge on any atom is -0.365 e. The van der Waals surface area contributed by atoms with E-state index in [0.717, 1.165) is 31.4 Å². The molecule has 0 radical (unpaired) electrons. The maximum Gasteiger partial charge on any atom is 0.433 e. The lowest BCUT2D eigenvalue weighted by Gasteiger charge is -2.37. The summed E-state index contributed by atoms with van der Waals surface area (Å²) in [7, 11) is 0. The molecular weight excluding hydrogens is 285 g/mol. The third-order valence-electron chi connectivity index (χ3n) is 3.60. The van der Waals surface area contributed by atoms with E-state index in [1.807, 2.05) is 0 Å². The van der Waals surface area contributed by atoms with Gasteiger partial charge in [-0.3, -0.25) is 4.79 Å². The Kier molecular flexibility index (Phi) is 4.36. The van der Waals surface area contributed by atoms with Crippen LogP contribution in [-0.2, 0) is 6.18 Å². The smallest absolute Gasteiger partial charge is 0.365 e. The number of hydrogen-bond acceptors (Lipinski definition) is 4. The fourth-order valence-corrected chi connectivity index (χ4v) is 2.54. The molecule has 0 spiro atoms. The summed E-state index contributed by atoms with van der Waals surface area (Å²) in [4.78, 5) is 16.8. The number of anilines is 1. The molecule has 1 unspecified atom stereocenters. The maximum absolute atomic E-state index is 12.8. The number of halogens is 3. The van der Waals surface area contributed by atoms with Gasteiger partial charge in [-0.15, -0.1) is 0 Å². The number of piperidine rings is 1. The highest BCUT2D eigenvalue weighted by Gasteiger charge is 2.35. The molecule has 0 saturated carbocycles. The molecular formula is C13H17F3N4O. The molecule has 116 valence electrons. The number of amides is 1. The third kappa shape index (κ3) is 3.26. The van der Waals surface area contributed by atoms with Crippen LogP contribution in [0.15, 0.2) is 12.1 Å². The maximum atomic E-state index is 12.8. The number of carbonyl (C=O) groups is 1. The van der Waals surface area contributed by atoms with Crippen molar-refractivity contribution in [2.75, 3.05) is 18.0 Å². The molecule has 8 heteroatoms. The van der Waals surface area contributed by atoms with Gasteiger partial charge in [-0.25, -0.2) is 4.98 Å². The summed E-state index contributed by atoms with van der Waals surface area (Å²) in [6.07, 6.45) is -2.05. The summed E-state index contributed by atoms with van der Waals surface area (Å²) in [5.41, 5.74) is 9.87. The second-order valence-electron chi connectivity index (χ2n) is 5.01. The summed E-state index contributed by atoms with van der Waals surface area (Å²) >= 11 is 0. The molecule has 1 aliphatic heterocycles. The molecule has 0 bridgehead atoms. The van der Waals surface area contributed by atoms with Crippen molar-refractivity contribution in [2.45, 2.75) is 31.5 Å². The Morgan fingerprint density at radius 1 is 1.38 bits per heavy atom. The van der Waals surface area contributed by atoms with Crippen LogP contribution in [-0.4, -0.2) is 30.0 Å². The minimum absolute atomic E-state index is 0.0108. The summed E-state index contributed by atoms with van der Waals surface area (Å²) in [5.74, 6) is -0.819. The van der Waals surface area contributed by atoms with Crippen LogP contribution < -0.4 is 16.4 Å². The Morgan fingerprint density at radius 3 is 2.67 bits per heavy atom. The van der Waals surface area contributed by atoms with Crippen LogP contribution in [0.3, 0.4) is 0 Å². The van der Waals surface area contributed by atoms with Gasteiger partial charge in [0, 0.05) is 19.1 Å². The number of aromatic nitrogens is 1. The molecule has 1 aromatic rings. The highest BCUT2D eigenvalue weighted by Crippen LogP contribution is 2.32. The lowest BCUT2D eigenvalue weighted by Crippen LogP contribution is -2.45. The molecule has 5 nitrogen and oxygen atoms in total. The number of alkyl halides is 3. The third-order valence-corrected chi connectivity index (χ3v) is 3.60. The standard InChI is InChI=1S/C13H17F3N4O/c14-13(15,16)10-5-4-9(11(18)21)12(19-10)20-6-2-1-3-8(20)7-17/h4-5,8H,1-3,6-7,17H2,(H2,18,21). The average Bonchev–Trinajstić information content (AvgIpc) is 2.45. The molecule has 1 aliphatic rings. The van der Waals surface area contributed by atoms with E-state index >= 15 is 0 Å². The van der Waals surface area contributed by atoms with Gasteiger partial charge in [0.25, 0.3) is 5.91 Å². The van der Waals surface area contributed by atoms with Crippen molar-refractivity contribution in [1.82, 2.24) is 4.98 Å². The number of primary amides is 1. The zero-order valence-electron chi connectivity index (χ0n) is 11.4. The molecule has 1 fully saturated rings. The first-order valence-corrected chi connectivity index (χ1v) is 6.69. The van der Waals surface area contributed by atoms with Gasteiger partial charge in [-0.05, 0) is 31.4 Å². The predicted octanol–water partition coefficient (Wildman–Crippen LogP) is 1.52. The van der Waals surface area contributed by atoms with Crippen LogP contribution in [0.25, 0.3) is 0 Å². The van der Waals surface area contributed by atoms with E-state index in [9.17, 15) is 18.0 Å². The Balaban J connectivity index is 2.49. The number of nitrogens with zero attached hydrogens (tertiary/aromatic N) is 2. The fourth-order valence-electron chi connectivity index (χ4n) is 2.54. The molecule has 1 atom stereocenters. The second kappa shape index (κ2) is 5.88. The van der Waals surface area contributed by atoms with Crippen molar-refractivity contribution in [2.24, 2.45) is 11.5 Å². The van der Waals surface area contributed by atoms with E-state index in [1.165, 1.54) is 0 Å². The molecule has 0 aromatic carbocycles. The number of pyridine rings is 1. The number of rotatable bonds is 3. The van der Waals surface area contributed by atoms with Gasteiger partial charge >= 0.3 is 6.18 Å². The van der Waals surface area contributed by atoms with Crippen molar-refractivity contribution in [3.63, 3.8) is 0 Å². The van der Waals surface area contributed by atoms with Crippen molar-refractivity contribution >= 4 is 11.7 Å². The quantitative estimate of drug-likeness (QED) is 0.886. The first-order chi connectivity index (χ1) is 9.84. The van der Waals surface area contributed by atoms with E-state index in [-0.39, 0.29) is 24.0 Å². The Morgan fingerprint density at radius 2 is 2.10 bits per heavy atom. The van der Waals surface area contributed by atoms with E-state index in [0.29, 0.717) is 6.54 Å². The van der Waals surface area contributed by atoms with E-state index in [1.54, 1.807) is 4.90 Å². The van der Waals surface area contributed by atoms with Crippen molar-refractivity contribution < 1.29 is 18.0 Å². The molecule has 4 N–H and O–H groups in total. The zero-order chi connectivity index (χ0) is 15.6. The molecule has 2 rings (SSSR count). The van der Waals surface area contributed by atoms with E-state index in [4.69, 9.17) is 11.5 Å². The summed E-state index contributed by atoms with van der Waals surface area (Å²) in [6, 6.07) is 1.72. The highest BCUT2D eigenvalue weighted by atomic mass is 19.4. The largest absolute Gasteiger partial charge is 0.433 e. The van der Waals surface area contributed by atoms with Crippen LogP contribution in [0.2, 0.25) is 0 Å². The Bertz CT molecular complexity index is 533. The van der Waals surface area contributed by atoms with Crippen molar-refractivity contribution in [3.05, 3.63) is 23.4 Å². The lowest BCUT2D eigenvalue weighted by atomic mass is 10.0. The number of nitrogens with two attached hydrogens (primary N) is 2. The van der Waals surface area contributed by atoms with Crippen LogP contribution in [0.1, 0.15) is 35.3 Å². The van der Waals surface area contributed by atoms with E-state index in [2.05, 4.69) is 4.98 Å². The summed E-state index contributed by atoms with van der Waals surface area (Å²) < 4.78 is 38.5. The summed E-state index contributed by atoms with van der Waals surface area (Å²) in [5, 5.41) is 0. The fraction of sp³-hybridized carbons (Fsp3) is 0.538. The molecule has 1 aromatic heterocycles. The molecule has 1 saturated heterocycles. The average molecular weight is 302 g/mol. The van der Waals surface area contributed by atoms with Crippen LogP contribution >= 0.6 is 0 Å². The van der Waals surface area contributed by atoms with Crippen LogP contribution in [0.4, 0.5) is 19.0 Å². The van der Waals surface area contributed by atoms with Gasteiger partial charge in [0.1, 0.15) is 11.5 Å². The van der Waals surface area contributed by atoms with Crippen molar-refractivity contribution in [1.29, 1.82) is 0 Å². The first-order valence-electron chi connectivity index (χ1n) is 6.69. The molecule has 2 heterocycles. The topological polar surface area (TPSA) is 85.2 Å². The molecule has 21 heavy (non-hydrogen) atoms. The van der Waals surface area contributed by atoms with Gasteiger partial charge in [-0.1, -0.05) is 0 Å². The van der Waals surface area contributed by atoms with E-state index < -0.39 is 17.8 Å². The monoisotopic (exact) mass is 302 g/mol. The normalized spacial score (nSPS) is 19.6. The Labute approximate surface area is 120 Å². The molecule has 1 amide bonds. The van der Waals surface area contributed by atoms with Crippen molar-refractivity contribution in [3.8, 4) is 0 Å². The highest BCUT2D eigenvalue weighted by molar-refractivity contribution is 5.97. The lowest BCUT2D eigenvalue weighted by molar-refractivity contribution is -0.141. The van der Waals surface area contributed by atoms with Gasteiger partial charge in [-0.2, -0.15) is 13.2 Å². The summed E-state index contributed by atoms with van der Waals surface area (Å²) in [6.45, 7) is 0.798. The number of hydrogen-bond donors (Lipinski definition) is 2. The van der Waals surface area contributed by atoms with Crippen LogP contribution in [0.5, 0.6) is 0 Å². The van der Waals surface area contributed by atoms with Gasteiger partial charge < -0.3 is 16.4 Å². The van der Waals surface area contributed by atoms with Gasteiger partial charge in [0.15, 0.2) is 0 Å². The molecule has 0 aliphatic carbocycles. The second-order valence-corrected chi connectivity index (χ2v) is 5.01. The zero-order valence-corrected chi connectivity index (χ0v) is 11.4. The number of carbonyl (C=O) groups excluding carboxylic acids is 1. The SMILES string of the molecule is NCC1CCCCN1c1nc(C(F)(F)F)ccc1C(N)=O. The minimum atomic E-state index is -4.57. The Hall–Kier alpha value is -1.83. The first kappa shape index (κ1) is 15.6. The predicted molar refractivity (Wildman–Crippen MR) is 71.8 cm³/mol.